The van der Waals surface area contributed by atoms with Gasteiger partial charge in [0.15, 0.2) is 0 Å². The maximum atomic E-state index is 13.1. The van der Waals surface area contributed by atoms with Gasteiger partial charge in [-0.2, -0.15) is 0 Å². The molecule has 0 aliphatic rings. The molecule has 152 valence electrons. The molecule has 1 aromatic carbocycles. The van der Waals surface area contributed by atoms with Crippen LogP contribution in [0.15, 0.2) is 29.1 Å². The topological polar surface area (TPSA) is 105 Å². The third kappa shape index (κ3) is 4.36. The Hall–Kier alpha value is -3.04. The maximum absolute atomic E-state index is 13.1. The molecule has 0 atom stereocenters. The van der Waals surface area contributed by atoms with Crippen LogP contribution in [0.5, 0.6) is 0 Å². The van der Waals surface area contributed by atoms with E-state index in [9.17, 15) is 14.4 Å². The van der Waals surface area contributed by atoms with Crippen molar-refractivity contribution in [2.24, 2.45) is 0 Å². The molecular formula is C20H22N4O4S. The maximum Gasteiger partial charge on any atom is 0.335 e. The van der Waals surface area contributed by atoms with Crippen LogP contribution in [0.1, 0.15) is 26.6 Å². The van der Waals surface area contributed by atoms with E-state index in [4.69, 9.17) is 5.11 Å². The SMILES string of the molecule is Cc1sc2nc(CN(C)C)n(CC(=O)Nc3ccc(C(=O)O)cc3)c(=O)c2c1C. The Morgan fingerprint density at radius 1 is 1.21 bits per heavy atom. The van der Waals surface area contributed by atoms with Crippen molar-refractivity contribution in [2.45, 2.75) is 26.9 Å². The molecule has 3 rings (SSSR count). The standard InChI is InChI=1S/C20H22N4O4S/c1-11-12(2)29-18-17(11)19(26)24(15(22-18)9-23(3)4)10-16(25)21-14-7-5-13(6-8-14)20(27)28/h5-8H,9-10H2,1-4H3,(H,21,25)(H,27,28). The largest absolute Gasteiger partial charge is 0.478 e. The third-order valence-corrected chi connectivity index (χ3v) is 5.64. The molecule has 8 nitrogen and oxygen atoms in total. The van der Waals surface area contributed by atoms with Crippen molar-refractivity contribution in [1.82, 2.24) is 14.5 Å². The van der Waals surface area contributed by atoms with Gasteiger partial charge >= 0.3 is 5.97 Å². The van der Waals surface area contributed by atoms with Crippen LogP contribution in [0.4, 0.5) is 5.69 Å². The quantitative estimate of drug-likeness (QED) is 0.642. The summed E-state index contributed by atoms with van der Waals surface area (Å²) in [7, 11) is 3.74. The average molecular weight is 414 g/mol. The van der Waals surface area contributed by atoms with Crippen molar-refractivity contribution in [1.29, 1.82) is 0 Å². The molecule has 0 aliphatic heterocycles. The van der Waals surface area contributed by atoms with Crippen molar-refractivity contribution in [3.05, 3.63) is 56.4 Å². The zero-order valence-corrected chi connectivity index (χ0v) is 17.5. The average Bonchev–Trinajstić information content (AvgIpc) is 2.92. The first-order valence-electron chi connectivity index (χ1n) is 8.94. The first-order chi connectivity index (χ1) is 13.7. The molecule has 1 amide bonds. The van der Waals surface area contributed by atoms with E-state index in [2.05, 4.69) is 10.3 Å². The number of amides is 1. The minimum Gasteiger partial charge on any atom is -0.478 e. The number of fused-ring (bicyclic) bond motifs is 1. The smallest absolute Gasteiger partial charge is 0.335 e. The van der Waals surface area contributed by atoms with Crippen molar-refractivity contribution in [3.8, 4) is 0 Å². The van der Waals surface area contributed by atoms with Gasteiger partial charge in [-0.3, -0.25) is 14.2 Å². The number of aromatic nitrogens is 2. The number of hydrogen-bond acceptors (Lipinski definition) is 6. The molecule has 0 saturated heterocycles. The van der Waals surface area contributed by atoms with Crippen LogP contribution in [-0.2, 0) is 17.9 Å². The van der Waals surface area contributed by atoms with Crippen molar-refractivity contribution >= 4 is 39.1 Å². The van der Waals surface area contributed by atoms with Crippen LogP contribution in [-0.4, -0.2) is 45.5 Å². The van der Waals surface area contributed by atoms with E-state index in [1.54, 1.807) is 0 Å². The summed E-state index contributed by atoms with van der Waals surface area (Å²) >= 11 is 1.48. The molecule has 0 bridgehead atoms. The summed E-state index contributed by atoms with van der Waals surface area (Å²) in [5.41, 5.74) is 1.24. The molecule has 2 heterocycles. The highest BCUT2D eigenvalue weighted by Gasteiger charge is 2.18. The van der Waals surface area contributed by atoms with Crippen LogP contribution >= 0.6 is 11.3 Å². The zero-order valence-electron chi connectivity index (χ0n) is 16.6. The molecule has 2 N–H and O–H groups in total. The van der Waals surface area contributed by atoms with Crippen LogP contribution in [0.3, 0.4) is 0 Å². The number of nitrogens with one attached hydrogen (secondary N) is 1. The summed E-state index contributed by atoms with van der Waals surface area (Å²) < 4.78 is 1.41. The van der Waals surface area contributed by atoms with Gasteiger partial charge in [-0.05, 0) is 57.8 Å². The lowest BCUT2D eigenvalue weighted by Crippen LogP contribution is -2.32. The molecule has 0 radical (unpaired) electrons. The lowest BCUT2D eigenvalue weighted by molar-refractivity contribution is -0.116. The summed E-state index contributed by atoms with van der Waals surface area (Å²) in [6.07, 6.45) is 0. The molecule has 3 aromatic rings. The monoisotopic (exact) mass is 414 g/mol. The number of hydrogen-bond donors (Lipinski definition) is 2. The zero-order chi connectivity index (χ0) is 21.3. The number of carbonyl (C=O) groups is 2. The summed E-state index contributed by atoms with van der Waals surface area (Å²) in [5.74, 6) is -0.908. The van der Waals surface area contributed by atoms with E-state index < -0.39 is 5.97 Å². The second-order valence-corrected chi connectivity index (χ2v) is 8.25. The Kier molecular flexibility index (Phi) is 5.81. The van der Waals surface area contributed by atoms with E-state index in [0.717, 1.165) is 10.4 Å². The molecule has 0 fully saturated rings. The molecule has 2 aromatic heterocycles. The van der Waals surface area contributed by atoms with E-state index in [-0.39, 0.29) is 23.6 Å². The Morgan fingerprint density at radius 2 is 1.86 bits per heavy atom. The summed E-state index contributed by atoms with van der Waals surface area (Å²) in [6, 6.07) is 5.84. The molecule has 0 saturated carbocycles. The molecule has 0 unspecified atom stereocenters. The van der Waals surface area contributed by atoms with Crippen molar-refractivity contribution in [3.63, 3.8) is 0 Å². The summed E-state index contributed by atoms with van der Waals surface area (Å²) in [4.78, 5) is 44.9. The first-order valence-corrected chi connectivity index (χ1v) is 9.76. The number of benzene rings is 1. The second kappa shape index (κ2) is 8.14. The van der Waals surface area contributed by atoms with Gasteiger partial charge in [-0.1, -0.05) is 0 Å². The fourth-order valence-electron chi connectivity index (χ4n) is 2.98. The Morgan fingerprint density at radius 3 is 2.45 bits per heavy atom. The lowest BCUT2D eigenvalue weighted by atomic mass is 10.2. The molecular weight excluding hydrogens is 392 g/mol. The van der Waals surface area contributed by atoms with E-state index >= 15 is 0 Å². The van der Waals surface area contributed by atoms with Crippen LogP contribution < -0.4 is 10.9 Å². The molecule has 29 heavy (non-hydrogen) atoms. The highest BCUT2D eigenvalue weighted by molar-refractivity contribution is 7.18. The van der Waals surface area contributed by atoms with Gasteiger partial charge in [0.05, 0.1) is 17.5 Å². The number of rotatable bonds is 6. The number of nitrogens with zero attached hydrogens (tertiary/aromatic N) is 3. The van der Waals surface area contributed by atoms with Gasteiger partial charge in [0.1, 0.15) is 17.2 Å². The van der Waals surface area contributed by atoms with Gasteiger partial charge in [0.2, 0.25) is 5.91 Å². The van der Waals surface area contributed by atoms with Crippen molar-refractivity contribution < 1.29 is 14.7 Å². The second-order valence-electron chi connectivity index (χ2n) is 7.05. The number of thiophene rings is 1. The fourth-order valence-corrected chi connectivity index (χ4v) is 4.01. The number of anilines is 1. The van der Waals surface area contributed by atoms with Crippen LogP contribution in [0.2, 0.25) is 0 Å². The number of carbonyl (C=O) groups excluding carboxylic acids is 1. The summed E-state index contributed by atoms with van der Waals surface area (Å²) in [6.45, 7) is 4.07. The third-order valence-electron chi connectivity index (χ3n) is 4.54. The highest BCUT2D eigenvalue weighted by Crippen LogP contribution is 2.26. The fraction of sp³-hybridized carbons (Fsp3) is 0.300. The molecule has 0 aliphatic carbocycles. The van der Waals surface area contributed by atoms with Gasteiger partial charge < -0.3 is 15.3 Å². The van der Waals surface area contributed by atoms with Gasteiger partial charge in [0.25, 0.3) is 5.56 Å². The summed E-state index contributed by atoms with van der Waals surface area (Å²) in [5, 5.41) is 12.2. The minimum absolute atomic E-state index is 0.130. The van der Waals surface area contributed by atoms with Gasteiger partial charge in [0, 0.05) is 10.6 Å². The Balaban J connectivity index is 1.93. The number of aromatic carboxylic acids is 1. The normalized spacial score (nSPS) is 11.2. The number of carboxylic acid groups (broad SMARTS) is 1. The van der Waals surface area contributed by atoms with Crippen LogP contribution in [0, 0.1) is 13.8 Å². The lowest BCUT2D eigenvalue weighted by Gasteiger charge is -2.16. The highest BCUT2D eigenvalue weighted by atomic mass is 32.1. The van der Waals surface area contributed by atoms with Gasteiger partial charge in [-0.15, -0.1) is 11.3 Å². The van der Waals surface area contributed by atoms with Crippen LogP contribution in [0.25, 0.3) is 10.2 Å². The van der Waals surface area contributed by atoms with Gasteiger partial charge in [-0.25, -0.2) is 9.78 Å². The molecule has 9 heteroatoms. The first kappa shape index (κ1) is 20.7. The Bertz CT molecular complexity index is 1150. The minimum atomic E-state index is -1.04. The number of aryl methyl sites for hydroxylation is 2. The van der Waals surface area contributed by atoms with E-state index in [1.165, 1.54) is 40.2 Å². The molecule has 0 spiro atoms. The number of carboxylic acids is 1. The van der Waals surface area contributed by atoms with Crippen molar-refractivity contribution in [2.75, 3.05) is 19.4 Å². The Labute approximate surface area is 171 Å². The van der Waals surface area contributed by atoms with E-state index in [1.807, 2.05) is 32.8 Å². The predicted molar refractivity (Wildman–Crippen MR) is 113 cm³/mol. The van der Waals surface area contributed by atoms with E-state index in [0.29, 0.717) is 28.3 Å². The predicted octanol–water partition coefficient (Wildman–Crippen LogP) is 2.47.